The number of amides is 1. The van der Waals surface area contributed by atoms with E-state index < -0.39 is 30.3 Å². The summed E-state index contributed by atoms with van der Waals surface area (Å²) in [5.74, 6) is -1.08. The van der Waals surface area contributed by atoms with Gasteiger partial charge in [-0.15, -0.1) is 0 Å². The second kappa shape index (κ2) is 11.5. The van der Waals surface area contributed by atoms with Crippen molar-refractivity contribution < 1.29 is 36.1 Å². The molecule has 1 fully saturated rings. The van der Waals surface area contributed by atoms with Gasteiger partial charge in [0.05, 0.1) is 36.7 Å². The molecule has 0 aromatic heterocycles. The highest BCUT2D eigenvalue weighted by atomic mass is 32.2. The van der Waals surface area contributed by atoms with E-state index in [1.165, 1.54) is 17.0 Å². The first-order chi connectivity index (χ1) is 18.7. The zero-order valence-electron chi connectivity index (χ0n) is 24.0. The number of fused-ring (bicyclic) bond motifs is 1. The Morgan fingerprint density at radius 3 is 2.23 bits per heavy atom. The van der Waals surface area contributed by atoms with Crippen LogP contribution in [0, 0.1) is 18.8 Å². The van der Waals surface area contributed by atoms with Crippen molar-refractivity contribution in [1.29, 1.82) is 0 Å². The van der Waals surface area contributed by atoms with Crippen molar-refractivity contribution in [2.75, 3.05) is 13.7 Å². The van der Waals surface area contributed by atoms with Crippen LogP contribution in [0.4, 0.5) is 0 Å². The van der Waals surface area contributed by atoms with Crippen molar-refractivity contribution in [3.8, 4) is 5.75 Å². The molecule has 2 aliphatic rings. The lowest BCUT2D eigenvalue weighted by molar-refractivity contribution is -0.163. The number of esters is 1. The van der Waals surface area contributed by atoms with E-state index in [2.05, 4.69) is 19.6 Å². The Morgan fingerprint density at radius 2 is 1.65 bits per heavy atom. The molecule has 11 heteroatoms. The predicted molar refractivity (Wildman–Crippen MR) is 151 cm³/mol. The Balaban J connectivity index is 1.59. The molecular weight excluding hydrogens is 550 g/mol. The van der Waals surface area contributed by atoms with Gasteiger partial charge in [0.2, 0.25) is 5.91 Å². The molecule has 0 N–H and O–H groups in total. The molecule has 1 amide bonds. The highest BCUT2D eigenvalue weighted by Gasteiger charge is 2.60. The third kappa shape index (κ3) is 6.17. The average Bonchev–Trinajstić information content (AvgIpc) is 3.13. The van der Waals surface area contributed by atoms with Gasteiger partial charge in [0.1, 0.15) is 18.1 Å². The third-order valence-corrected chi connectivity index (χ3v) is 9.60. The summed E-state index contributed by atoms with van der Waals surface area (Å²) in [5, 5.41) is 0. The summed E-state index contributed by atoms with van der Waals surface area (Å²) in [6.45, 7) is 11.4. The molecule has 4 rings (SSSR count). The molecule has 40 heavy (non-hydrogen) atoms. The number of nitrogens with zero attached hydrogens (tertiary/aromatic N) is 1. The van der Waals surface area contributed by atoms with Crippen LogP contribution in [0.15, 0.2) is 64.7 Å². The Kier molecular flexibility index (Phi) is 8.60. The zero-order chi connectivity index (χ0) is 29.4. The van der Waals surface area contributed by atoms with Crippen LogP contribution in [-0.4, -0.2) is 59.4 Å². The maximum Gasteiger partial charge on any atom is 0.355 e. The summed E-state index contributed by atoms with van der Waals surface area (Å²) in [4.78, 5) is 28.3. The van der Waals surface area contributed by atoms with E-state index in [9.17, 15) is 18.0 Å². The van der Waals surface area contributed by atoms with Crippen LogP contribution in [0.3, 0.4) is 0 Å². The summed E-state index contributed by atoms with van der Waals surface area (Å²) in [5.41, 5.74) is 2.11. The van der Waals surface area contributed by atoms with Crippen molar-refractivity contribution in [3.05, 3.63) is 70.9 Å². The van der Waals surface area contributed by atoms with Crippen LogP contribution in [0.25, 0.3) is 0 Å². The van der Waals surface area contributed by atoms with Crippen LogP contribution in [0.1, 0.15) is 25.0 Å². The van der Waals surface area contributed by atoms with E-state index in [0.717, 1.165) is 11.1 Å². The lowest BCUT2D eigenvalue weighted by atomic mass is 9.78. The number of methoxy groups -OCH3 is 1. The van der Waals surface area contributed by atoms with Crippen molar-refractivity contribution in [2.45, 2.75) is 64.1 Å². The highest BCUT2D eigenvalue weighted by molar-refractivity contribution is 7.86. The van der Waals surface area contributed by atoms with E-state index in [0.29, 0.717) is 11.3 Å². The van der Waals surface area contributed by atoms with Gasteiger partial charge < -0.3 is 18.8 Å². The number of hydrogen-bond acceptors (Lipinski definition) is 8. The largest absolute Gasteiger partial charge is 0.497 e. The number of benzene rings is 2. The minimum absolute atomic E-state index is 0.0161. The predicted octanol–water partition coefficient (Wildman–Crippen LogP) is 4.42. The molecule has 2 aromatic carbocycles. The second-order valence-electron chi connectivity index (χ2n) is 11.3. The summed E-state index contributed by atoms with van der Waals surface area (Å²) in [6, 6.07) is 13.0. The van der Waals surface area contributed by atoms with Crippen molar-refractivity contribution in [2.24, 2.45) is 11.8 Å². The van der Waals surface area contributed by atoms with E-state index in [-0.39, 0.29) is 47.8 Å². The molecule has 2 heterocycles. The quantitative estimate of drug-likeness (QED) is 0.165. The molecule has 9 nitrogen and oxygen atoms in total. The minimum atomic E-state index is -4.10. The Bertz CT molecular complexity index is 1400. The first kappa shape index (κ1) is 30.0. The summed E-state index contributed by atoms with van der Waals surface area (Å²) in [7, 11) is -4.48. The van der Waals surface area contributed by atoms with Gasteiger partial charge in [-0.2, -0.15) is 8.42 Å². The fraction of sp³-hybridized carbons (Fsp3) is 0.448. The molecule has 0 saturated carbocycles. The molecule has 1 unspecified atom stereocenters. The average molecular weight is 588 g/mol. The molecule has 216 valence electrons. The monoisotopic (exact) mass is 587 g/mol. The first-order valence-electron chi connectivity index (χ1n) is 13.2. The van der Waals surface area contributed by atoms with Crippen LogP contribution < -0.4 is 4.74 Å². The van der Waals surface area contributed by atoms with Crippen LogP contribution in [-0.2, 0) is 39.7 Å². The fourth-order valence-corrected chi connectivity index (χ4v) is 7.44. The van der Waals surface area contributed by atoms with Crippen molar-refractivity contribution in [1.82, 2.24) is 4.90 Å². The standard InChI is InChI=1S/C29H37NO8SSi/c1-18-8-14-23(15-9-18)39(33,34)37-17-24-19(2)26-25(20(3)38-40(5,6)7)28(31)30(26)27(24)29(32)36-16-21-10-12-22(35-4)13-11-21/h8-15,19-20,25-26H,16-17H2,1-7H3/t19-,20?,25+,26+/m0/s1. The molecule has 2 aliphatic heterocycles. The number of ether oxygens (including phenoxy) is 2. The normalized spacial score (nSPS) is 21.6. The van der Waals surface area contributed by atoms with Crippen molar-refractivity contribution in [3.63, 3.8) is 0 Å². The molecule has 0 aliphatic carbocycles. The Labute approximate surface area is 237 Å². The molecule has 0 spiro atoms. The van der Waals surface area contributed by atoms with E-state index in [1.807, 2.05) is 20.8 Å². The number of carbonyl (C=O) groups is 2. The number of rotatable bonds is 11. The molecule has 0 radical (unpaired) electrons. The van der Waals surface area contributed by atoms with Gasteiger partial charge in [0, 0.05) is 5.92 Å². The van der Waals surface area contributed by atoms with Crippen LogP contribution >= 0.6 is 0 Å². The second-order valence-corrected chi connectivity index (χ2v) is 17.4. The molecule has 2 aromatic rings. The number of aryl methyl sites for hydroxylation is 1. The van der Waals surface area contributed by atoms with Gasteiger partial charge in [-0.3, -0.25) is 8.98 Å². The smallest absolute Gasteiger partial charge is 0.355 e. The minimum Gasteiger partial charge on any atom is -0.497 e. The summed E-state index contributed by atoms with van der Waals surface area (Å²) >= 11 is 0. The maximum atomic E-state index is 13.4. The number of β-lactam (4-membered cyclic amide) rings is 1. The molecule has 4 atom stereocenters. The maximum absolute atomic E-state index is 13.4. The number of hydrogen-bond donors (Lipinski definition) is 0. The Morgan fingerprint density at radius 1 is 1.02 bits per heavy atom. The van der Waals surface area contributed by atoms with Gasteiger partial charge in [0.25, 0.3) is 10.1 Å². The van der Waals surface area contributed by atoms with E-state index >= 15 is 0 Å². The van der Waals surface area contributed by atoms with Crippen LogP contribution in [0.5, 0.6) is 5.75 Å². The van der Waals surface area contributed by atoms with E-state index in [1.54, 1.807) is 43.5 Å². The van der Waals surface area contributed by atoms with E-state index in [4.69, 9.17) is 18.1 Å². The SMILES string of the molecule is COc1ccc(COC(=O)C2=C(COS(=O)(=O)c3ccc(C)cc3)[C@H](C)[C@@H]3[C@@H](C(C)O[Si](C)(C)C)C(=O)N23)cc1. The summed E-state index contributed by atoms with van der Waals surface area (Å²) in [6.07, 6.45) is -0.351. The molecular formula is C29H37NO8SSi. The number of carbonyl (C=O) groups excluding carboxylic acids is 2. The fourth-order valence-electron chi connectivity index (χ4n) is 5.29. The zero-order valence-corrected chi connectivity index (χ0v) is 25.8. The van der Waals surface area contributed by atoms with Gasteiger partial charge in [-0.1, -0.05) is 36.8 Å². The molecule has 0 bridgehead atoms. The van der Waals surface area contributed by atoms with Gasteiger partial charge >= 0.3 is 5.97 Å². The third-order valence-electron chi connectivity index (χ3n) is 7.24. The van der Waals surface area contributed by atoms with Gasteiger partial charge in [-0.05, 0) is 68.9 Å². The lowest BCUT2D eigenvalue weighted by Gasteiger charge is -2.48. The van der Waals surface area contributed by atoms with Crippen molar-refractivity contribution >= 4 is 30.3 Å². The summed E-state index contributed by atoms with van der Waals surface area (Å²) < 4.78 is 48.4. The topological polar surface area (TPSA) is 108 Å². The first-order valence-corrected chi connectivity index (χ1v) is 18.0. The van der Waals surface area contributed by atoms with Gasteiger partial charge in [-0.25, -0.2) is 4.79 Å². The lowest BCUT2D eigenvalue weighted by Crippen LogP contribution is -2.64. The highest BCUT2D eigenvalue weighted by Crippen LogP contribution is 2.48. The van der Waals surface area contributed by atoms with Crippen LogP contribution in [0.2, 0.25) is 19.6 Å². The molecule has 1 saturated heterocycles. The van der Waals surface area contributed by atoms with Gasteiger partial charge in [0.15, 0.2) is 8.32 Å². The Hall–Kier alpha value is -2.99.